The van der Waals surface area contributed by atoms with E-state index >= 15 is 0 Å². The standard InChI is InChI=1S/C11H15N3O2/c1-2-11(3-4-11)7-14-9-8(10(15)16)12-5-6-13-9/h5-6H,2-4,7H2,1H3,(H,13,14)(H,15,16). The van der Waals surface area contributed by atoms with Gasteiger partial charge in [0.25, 0.3) is 0 Å². The van der Waals surface area contributed by atoms with Crippen molar-refractivity contribution in [1.29, 1.82) is 0 Å². The third-order valence-corrected chi connectivity index (χ3v) is 3.24. The number of carbonyl (C=O) groups is 1. The fourth-order valence-corrected chi connectivity index (χ4v) is 1.73. The number of nitrogens with zero attached hydrogens (tertiary/aromatic N) is 2. The normalized spacial score (nSPS) is 16.8. The van der Waals surface area contributed by atoms with Crippen LogP contribution in [0.5, 0.6) is 0 Å². The second kappa shape index (κ2) is 4.08. The van der Waals surface area contributed by atoms with Gasteiger partial charge in [0.05, 0.1) is 0 Å². The predicted molar refractivity (Wildman–Crippen MR) is 59.4 cm³/mol. The van der Waals surface area contributed by atoms with Crippen molar-refractivity contribution in [2.75, 3.05) is 11.9 Å². The lowest BCUT2D eigenvalue weighted by molar-refractivity contribution is 0.0691. The third kappa shape index (κ3) is 2.13. The van der Waals surface area contributed by atoms with Crippen LogP contribution in [0.15, 0.2) is 12.4 Å². The van der Waals surface area contributed by atoms with Gasteiger partial charge < -0.3 is 10.4 Å². The maximum absolute atomic E-state index is 10.9. The average Bonchev–Trinajstić information content (AvgIpc) is 3.07. The summed E-state index contributed by atoms with van der Waals surface area (Å²) in [6.45, 7) is 2.94. The van der Waals surface area contributed by atoms with E-state index < -0.39 is 5.97 Å². The highest BCUT2D eigenvalue weighted by molar-refractivity contribution is 5.90. The quantitative estimate of drug-likeness (QED) is 0.792. The van der Waals surface area contributed by atoms with E-state index in [0.717, 1.165) is 13.0 Å². The molecule has 86 valence electrons. The Morgan fingerprint density at radius 3 is 2.75 bits per heavy atom. The molecule has 0 aliphatic heterocycles. The maximum atomic E-state index is 10.9. The minimum atomic E-state index is -1.04. The van der Waals surface area contributed by atoms with E-state index in [9.17, 15) is 4.79 Å². The molecule has 1 heterocycles. The molecule has 0 atom stereocenters. The minimum Gasteiger partial charge on any atom is -0.476 e. The number of carboxylic acids is 1. The summed E-state index contributed by atoms with van der Waals surface area (Å²) in [6, 6.07) is 0. The molecule has 2 N–H and O–H groups in total. The molecule has 1 aromatic heterocycles. The van der Waals surface area contributed by atoms with Crippen molar-refractivity contribution in [2.24, 2.45) is 5.41 Å². The van der Waals surface area contributed by atoms with E-state index in [1.165, 1.54) is 25.2 Å². The maximum Gasteiger partial charge on any atom is 0.358 e. The fraction of sp³-hybridized carbons (Fsp3) is 0.545. The number of hydrogen-bond acceptors (Lipinski definition) is 4. The Morgan fingerprint density at radius 2 is 2.19 bits per heavy atom. The van der Waals surface area contributed by atoms with Crippen LogP contribution in [0, 0.1) is 5.41 Å². The summed E-state index contributed by atoms with van der Waals surface area (Å²) in [5, 5.41) is 12.0. The summed E-state index contributed by atoms with van der Waals surface area (Å²) in [4.78, 5) is 18.7. The predicted octanol–water partition coefficient (Wildman–Crippen LogP) is 1.78. The number of nitrogens with one attached hydrogen (secondary N) is 1. The minimum absolute atomic E-state index is 0.00518. The molecule has 2 rings (SSSR count). The van der Waals surface area contributed by atoms with Crippen molar-refractivity contribution in [3.8, 4) is 0 Å². The first-order valence-corrected chi connectivity index (χ1v) is 5.45. The van der Waals surface area contributed by atoms with Crippen LogP contribution in [-0.4, -0.2) is 27.6 Å². The van der Waals surface area contributed by atoms with Gasteiger partial charge in [0.2, 0.25) is 0 Å². The summed E-state index contributed by atoms with van der Waals surface area (Å²) in [6.07, 6.45) is 6.42. The lowest BCUT2D eigenvalue weighted by Gasteiger charge is -2.14. The molecule has 0 aromatic carbocycles. The number of aromatic nitrogens is 2. The van der Waals surface area contributed by atoms with Crippen molar-refractivity contribution >= 4 is 11.8 Å². The first kappa shape index (κ1) is 10.9. The van der Waals surface area contributed by atoms with Crippen molar-refractivity contribution in [1.82, 2.24) is 9.97 Å². The van der Waals surface area contributed by atoms with Gasteiger partial charge in [-0.3, -0.25) is 0 Å². The first-order valence-electron chi connectivity index (χ1n) is 5.45. The Morgan fingerprint density at radius 1 is 1.50 bits per heavy atom. The average molecular weight is 221 g/mol. The highest BCUT2D eigenvalue weighted by Gasteiger charge is 2.40. The molecular weight excluding hydrogens is 206 g/mol. The van der Waals surface area contributed by atoms with Gasteiger partial charge in [0.1, 0.15) is 0 Å². The lowest BCUT2D eigenvalue weighted by Crippen LogP contribution is -2.18. The molecule has 0 spiro atoms. The molecular formula is C11H15N3O2. The van der Waals surface area contributed by atoms with Gasteiger partial charge in [-0.1, -0.05) is 6.92 Å². The molecule has 1 aliphatic carbocycles. The SMILES string of the molecule is CCC1(CNc2nccnc2C(=O)O)CC1. The molecule has 0 unspecified atom stereocenters. The Labute approximate surface area is 93.9 Å². The van der Waals surface area contributed by atoms with Crippen LogP contribution in [0.2, 0.25) is 0 Å². The largest absolute Gasteiger partial charge is 0.476 e. The second-order valence-corrected chi connectivity index (χ2v) is 4.27. The van der Waals surface area contributed by atoms with Crippen molar-refractivity contribution in [2.45, 2.75) is 26.2 Å². The number of hydrogen-bond donors (Lipinski definition) is 2. The number of anilines is 1. The van der Waals surface area contributed by atoms with Crippen LogP contribution in [0.3, 0.4) is 0 Å². The highest BCUT2D eigenvalue weighted by atomic mass is 16.4. The Kier molecular flexibility index (Phi) is 2.77. The Balaban J connectivity index is 2.06. The van der Waals surface area contributed by atoms with Crippen LogP contribution in [0.25, 0.3) is 0 Å². The van der Waals surface area contributed by atoms with E-state index in [4.69, 9.17) is 5.11 Å². The molecule has 5 nitrogen and oxygen atoms in total. The summed E-state index contributed by atoms with van der Waals surface area (Å²) < 4.78 is 0. The number of aromatic carboxylic acids is 1. The topological polar surface area (TPSA) is 75.1 Å². The van der Waals surface area contributed by atoms with E-state index in [-0.39, 0.29) is 5.69 Å². The Bertz CT molecular complexity index is 402. The van der Waals surface area contributed by atoms with Crippen LogP contribution in [0.1, 0.15) is 36.7 Å². The second-order valence-electron chi connectivity index (χ2n) is 4.27. The first-order chi connectivity index (χ1) is 7.67. The van der Waals surface area contributed by atoms with Crippen LogP contribution in [-0.2, 0) is 0 Å². The molecule has 0 bridgehead atoms. The van der Waals surface area contributed by atoms with Crippen molar-refractivity contribution in [3.63, 3.8) is 0 Å². The number of rotatable bonds is 5. The van der Waals surface area contributed by atoms with Crippen molar-refractivity contribution < 1.29 is 9.90 Å². The van der Waals surface area contributed by atoms with Gasteiger partial charge in [0, 0.05) is 18.9 Å². The van der Waals surface area contributed by atoms with Gasteiger partial charge in [-0.05, 0) is 24.7 Å². The number of carboxylic acid groups (broad SMARTS) is 1. The zero-order valence-electron chi connectivity index (χ0n) is 9.23. The summed E-state index contributed by atoms with van der Waals surface area (Å²) in [7, 11) is 0. The molecule has 1 aliphatic rings. The van der Waals surface area contributed by atoms with Crippen LogP contribution in [0.4, 0.5) is 5.82 Å². The Hall–Kier alpha value is -1.65. The molecule has 16 heavy (non-hydrogen) atoms. The van der Waals surface area contributed by atoms with Gasteiger partial charge in [-0.2, -0.15) is 0 Å². The zero-order valence-corrected chi connectivity index (χ0v) is 9.23. The monoisotopic (exact) mass is 221 g/mol. The van der Waals surface area contributed by atoms with E-state index in [2.05, 4.69) is 22.2 Å². The molecule has 0 saturated heterocycles. The van der Waals surface area contributed by atoms with Gasteiger partial charge in [-0.25, -0.2) is 14.8 Å². The molecule has 1 saturated carbocycles. The van der Waals surface area contributed by atoms with Crippen LogP contribution >= 0.6 is 0 Å². The van der Waals surface area contributed by atoms with Gasteiger partial charge in [-0.15, -0.1) is 0 Å². The summed E-state index contributed by atoms with van der Waals surface area (Å²) >= 11 is 0. The molecule has 0 radical (unpaired) electrons. The third-order valence-electron chi connectivity index (χ3n) is 3.24. The van der Waals surface area contributed by atoms with E-state index in [1.54, 1.807) is 0 Å². The smallest absolute Gasteiger partial charge is 0.358 e. The lowest BCUT2D eigenvalue weighted by atomic mass is 10.0. The molecule has 1 aromatic rings. The van der Waals surface area contributed by atoms with E-state index in [0.29, 0.717) is 11.2 Å². The highest BCUT2D eigenvalue weighted by Crippen LogP contribution is 2.48. The summed E-state index contributed by atoms with van der Waals surface area (Å²) in [5.74, 6) is -0.674. The fourth-order valence-electron chi connectivity index (χ4n) is 1.73. The van der Waals surface area contributed by atoms with Crippen molar-refractivity contribution in [3.05, 3.63) is 18.1 Å². The molecule has 0 amide bonds. The molecule has 5 heteroatoms. The zero-order chi connectivity index (χ0) is 11.6. The van der Waals surface area contributed by atoms with Gasteiger partial charge in [0.15, 0.2) is 11.5 Å². The van der Waals surface area contributed by atoms with Crippen LogP contribution < -0.4 is 5.32 Å². The summed E-state index contributed by atoms with van der Waals surface area (Å²) in [5.41, 5.74) is 0.349. The van der Waals surface area contributed by atoms with E-state index in [1.807, 2.05) is 0 Å². The molecule has 1 fully saturated rings. The van der Waals surface area contributed by atoms with Gasteiger partial charge >= 0.3 is 5.97 Å².